The molecule has 0 bridgehead atoms. The van der Waals surface area contributed by atoms with E-state index in [0.29, 0.717) is 17.2 Å². The monoisotopic (exact) mass is 343 g/mol. The molecule has 19 heavy (non-hydrogen) atoms. The van der Waals surface area contributed by atoms with Gasteiger partial charge in [-0.05, 0) is 43.5 Å². The van der Waals surface area contributed by atoms with Gasteiger partial charge in [0, 0.05) is 20.7 Å². The van der Waals surface area contributed by atoms with Crippen molar-refractivity contribution in [2.45, 2.75) is 57.2 Å². The number of hydrogen-bond donors (Lipinski definition) is 1. The van der Waals surface area contributed by atoms with Crippen molar-refractivity contribution in [1.29, 1.82) is 0 Å². The average Bonchev–Trinajstić information content (AvgIpc) is 2.35. The quantitative estimate of drug-likeness (QED) is 0.642. The summed E-state index contributed by atoms with van der Waals surface area (Å²) in [4.78, 5) is 1.35. The van der Waals surface area contributed by atoms with E-state index in [4.69, 9.17) is 0 Å². The zero-order valence-corrected chi connectivity index (χ0v) is 15.1. The van der Waals surface area contributed by atoms with E-state index >= 15 is 0 Å². The number of benzene rings is 1. The van der Waals surface area contributed by atoms with E-state index in [0.717, 1.165) is 6.54 Å². The second-order valence-corrected chi connectivity index (χ2v) is 7.73. The molecule has 0 spiro atoms. The van der Waals surface area contributed by atoms with Gasteiger partial charge < -0.3 is 5.32 Å². The maximum Gasteiger partial charge on any atom is 0.0302 e. The van der Waals surface area contributed by atoms with Crippen molar-refractivity contribution in [3.05, 3.63) is 28.2 Å². The van der Waals surface area contributed by atoms with Gasteiger partial charge in [0.05, 0.1) is 0 Å². The van der Waals surface area contributed by atoms with E-state index in [1.807, 2.05) is 11.8 Å². The van der Waals surface area contributed by atoms with E-state index in [9.17, 15) is 0 Å². The molecule has 0 fully saturated rings. The molecule has 1 rings (SSSR count). The van der Waals surface area contributed by atoms with Crippen molar-refractivity contribution in [3.63, 3.8) is 0 Å². The summed E-state index contributed by atoms with van der Waals surface area (Å²) >= 11 is 5.67. The summed E-state index contributed by atoms with van der Waals surface area (Å²) in [6.45, 7) is 12.3. The summed E-state index contributed by atoms with van der Waals surface area (Å²) in [5.74, 6) is 0.702. The Morgan fingerprint density at radius 1 is 1.21 bits per heavy atom. The summed E-state index contributed by atoms with van der Waals surface area (Å²) in [6, 6.07) is 7.14. The number of hydrogen-bond acceptors (Lipinski definition) is 2. The van der Waals surface area contributed by atoms with Gasteiger partial charge in [-0.15, -0.1) is 11.8 Å². The molecule has 0 radical (unpaired) electrons. The molecule has 0 aliphatic carbocycles. The molecule has 0 saturated carbocycles. The van der Waals surface area contributed by atoms with Gasteiger partial charge >= 0.3 is 0 Å². The van der Waals surface area contributed by atoms with Crippen LogP contribution in [0.25, 0.3) is 0 Å². The first-order valence-electron chi connectivity index (χ1n) is 7.15. The lowest BCUT2D eigenvalue weighted by molar-refractivity contribution is 0.568. The Hall–Kier alpha value is 0.01000. The Morgan fingerprint density at radius 3 is 2.42 bits per heavy atom. The molecule has 0 aliphatic rings. The van der Waals surface area contributed by atoms with Gasteiger partial charge in [0.15, 0.2) is 0 Å². The Balaban J connectivity index is 2.74. The van der Waals surface area contributed by atoms with Gasteiger partial charge in [-0.1, -0.05) is 49.7 Å². The highest BCUT2D eigenvalue weighted by Crippen LogP contribution is 2.32. The fourth-order valence-electron chi connectivity index (χ4n) is 1.75. The minimum atomic E-state index is 0.399. The number of nitrogens with one attached hydrogen (secondary N) is 1. The highest BCUT2D eigenvalue weighted by molar-refractivity contribution is 9.10. The molecular formula is C16H26BrNS. The second-order valence-electron chi connectivity index (χ2n) is 5.43. The van der Waals surface area contributed by atoms with E-state index in [1.165, 1.54) is 21.4 Å². The summed E-state index contributed by atoms with van der Waals surface area (Å²) in [7, 11) is 0. The van der Waals surface area contributed by atoms with Crippen LogP contribution in [0.15, 0.2) is 27.6 Å². The summed E-state index contributed by atoms with van der Waals surface area (Å²) in [5.41, 5.74) is 1.34. The third kappa shape index (κ3) is 5.49. The van der Waals surface area contributed by atoms with Crippen molar-refractivity contribution >= 4 is 27.7 Å². The zero-order chi connectivity index (χ0) is 14.4. The highest BCUT2D eigenvalue weighted by atomic mass is 79.9. The molecule has 0 amide bonds. The molecule has 3 heteroatoms. The fraction of sp³-hybridized carbons (Fsp3) is 0.625. The molecule has 1 aromatic rings. The number of thioether (sulfide) groups is 1. The van der Waals surface area contributed by atoms with Crippen LogP contribution in [0.3, 0.4) is 0 Å². The largest absolute Gasteiger partial charge is 0.310 e. The lowest BCUT2D eigenvalue weighted by Crippen LogP contribution is -2.19. The molecule has 0 aliphatic heterocycles. The van der Waals surface area contributed by atoms with Gasteiger partial charge in [-0.2, -0.15) is 0 Å². The Bertz CT molecular complexity index is 392. The molecule has 2 unspecified atom stereocenters. The van der Waals surface area contributed by atoms with Crippen LogP contribution in [0.1, 0.15) is 52.6 Å². The lowest BCUT2D eigenvalue weighted by Gasteiger charge is -2.18. The van der Waals surface area contributed by atoms with Gasteiger partial charge in [-0.25, -0.2) is 0 Å². The molecule has 1 nitrogen and oxygen atoms in total. The third-order valence-corrected chi connectivity index (χ3v) is 5.53. The van der Waals surface area contributed by atoms with E-state index in [2.05, 4.69) is 74.1 Å². The van der Waals surface area contributed by atoms with Crippen molar-refractivity contribution in [3.8, 4) is 0 Å². The third-order valence-electron chi connectivity index (χ3n) is 3.40. The number of halogens is 1. The highest BCUT2D eigenvalue weighted by Gasteiger charge is 2.12. The zero-order valence-electron chi connectivity index (χ0n) is 12.7. The predicted octanol–water partition coefficient (Wildman–Crippen LogP) is 5.65. The Morgan fingerprint density at radius 2 is 1.89 bits per heavy atom. The van der Waals surface area contributed by atoms with Gasteiger partial charge in [0.1, 0.15) is 0 Å². The smallest absolute Gasteiger partial charge is 0.0302 e. The van der Waals surface area contributed by atoms with Crippen LogP contribution in [0.4, 0.5) is 0 Å². The minimum Gasteiger partial charge on any atom is -0.310 e. The molecule has 2 atom stereocenters. The SMILES string of the molecule is CCCNC(C)c1ccc(SC(C)C(C)C)cc1Br. The molecule has 1 N–H and O–H groups in total. The average molecular weight is 344 g/mol. The molecule has 0 saturated heterocycles. The second kappa shape index (κ2) is 8.33. The van der Waals surface area contributed by atoms with Gasteiger partial charge in [0.2, 0.25) is 0 Å². The van der Waals surface area contributed by atoms with Crippen LogP contribution in [-0.4, -0.2) is 11.8 Å². The van der Waals surface area contributed by atoms with E-state index in [1.54, 1.807) is 0 Å². The summed E-state index contributed by atoms with van der Waals surface area (Å²) in [6.07, 6.45) is 1.17. The van der Waals surface area contributed by atoms with Crippen LogP contribution in [-0.2, 0) is 0 Å². The normalized spacial score (nSPS) is 14.7. The van der Waals surface area contributed by atoms with Crippen LogP contribution in [0, 0.1) is 5.92 Å². The lowest BCUT2D eigenvalue weighted by atomic mass is 10.1. The Labute approximate surface area is 131 Å². The van der Waals surface area contributed by atoms with Crippen molar-refractivity contribution in [2.24, 2.45) is 5.92 Å². The standard InChI is InChI=1S/C16H26BrNS/c1-6-9-18-12(4)15-8-7-14(10-16(15)17)19-13(5)11(2)3/h7-8,10-13,18H,6,9H2,1-5H3. The van der Waals surface area contributed by atoms with Gasteiger partial charge in [0.25, 0.3) is 0 Å². The molecule has 0 aromatic heterocycles. The van der Waals surface area contributed by atoms with E-state index < -0.39 is 0 Å². The van der Waals surface area contributed by atoms with Gasteiger partial charge in [-0.3, -0.25) is 0 Å². The maximum atomic E-state index is 3.71. The molecule has 1 aromatic carbocycles. The number of rotatable bonds is 7. The van der Waals surface area contributed by atoms with Crippen LogP contribution in [0.2, 0.25) is 0 Å². The van der Waals surface area contributed by atoms with Crippen molar-refractivity contribution < 1.29 is 0 Å². The topological polar surface area (TPSA) is 12.0 Å². The Kier molecular flexibility index (Phi) is 7.48. The maximum absolute atomic E-state index is 3.71. The first kappa shape index (κ1) is 17.1. The van der Waals surface area contributed by atoms with Crippen LogP contribution in [0.5, 0.6) is 0 Å². The van der Waals surface area contributed by atoms with Crippen LogP contribution < -0.4 is 5.32 Å². The van der Waals surface area contributed by atoms with Crippen molar-refractivity contribution in [1.82, 2.24) is 5.32 Å². The predicted molar refractivity (Wildman–Crippen MR) is 91.0 cm³/mol. The minimum absolute atomic E-state index is 0.399. The summed E-state index contributed by atoms with van der Waals surface area (Å²) < 4.78 is 1.21. The fourth-order valence-corrected chi connectivity index (χ4v) is 3.66. The van der Waals surface area contributed by atoms with Crippen molar-refractivity contribution in [2.75, 3.05) is 6.54 Å². The molecule has 108 valence electrons. The first-order valence-corrected chi connectivity index (χ1v) is 8.82. The summed E-state index contributed by atoms with van der Waals surface area (Å²) in [5, 5.41) is 4.18. The van der Waals surface area contributed by atoms with Crippen LogP contribution >= 0.6 is 27.7 Å². The molecular weight excluding hydrogens is 318 g/mol. The van der Waals surface area contributed by atoms with E-state index in [-0.39, 0.29) is 0 Å². The molecule has 0 heterocycles. The first-order chi connectivity index (χ1) is 8.95.